The maximum absolute atomic E-state index is 12.9. The number of halogens is 1. The number of hydrogen-bond donors (Lipinski definition) is 0. The normalized spacial score (nSPS) is 10.1. The molecule has 2 aromatic carbocycles. The van der Waals surface area contributed by atoms with Crippen LogP contribution in [-0.4, -0.2) is 5.97 Å². The van der Waals surface area contributed by atoms with Crippen molar-refractivity contribution in [2.24, 2.45) is 5.18 Å². The molecule has 0 N–H and O–H groups in total. The number of nitroso groups, excluding NO2 is 1. The summed E-state index contributed by atoms with van der Waals surface area (Å²) in [5.41, 5.74) is 1.07. The van der Waals surface area contributed by atoms with E-state index in [0.717, 1.165) is 0 Å². The van der Waals surface area contributed by atoms with Crippen LogP contribution in [0.1, 0.15) is 21.5 Å². The zero-order valence-electron chi connectivity index (χ0n) is 10.6. The van der Waals surface area contributed by atoms with Gasteiger partial charge >= 0.3 is 5.97 Å². The highest BCUT2D eigenvalue weighted by atomic mass is 19.1. The monoisotopic (exact) mass is 273 g/mol. The smallest absolute Gasteiger partial charge is 0.338 e. The fourth-order valence-electron chi connectivity index (χ4n) is 1.79. The van der Waals surface area contributed by atoms with Gasteiger partial charge in [-0.25, -0.2) is 9.18 Å². The lowest BCUT2D eigenvalue weighted by molar-refractivity contribution is 0.0472. The number of rotatable bonds is 5. The summed E-state index contributed by atoms with van der Waals surface area (Å²) in [5, 5.41) is 2.82. The first-order valence-electron chi connectivity index (χ1n) is 5.98. The van der Waals surface area contributed by atoms with Crippen molar-refractivity contribution in [2.45, 2.75) is 13.3 Å². The van der Waals surface area contributed by atoms with Gasteiger partial charge in [-0.1, -0.05) is 30.3 Å². The zero-order valence-corrected chi connectivity index (χ0v) is 10.6. The van der Waals surface area contributed by atoms with Crippen molar-refractivity contribution in [3.63, 3.8) is 0 Å². The highest BCUT2D eigenvalue weighted by molar-refractivity contribution is 5.89. The topological polar surface area (TPSA) is 55.7 Å². The average molecular weight is 273 g/mol. The molecule has 0 spiro atoms. The Balaban J connectivity index is 2.15. The van der Waals surface area contributed by atoms with Gasteiger partial charge in [0.1, 0.15) is 19.0 Å². The Hall–Kier alpha value is -2.56. The Morgan fingerprint density at radius 3 is 2.50 bits per heavy atom. The first-order chi connectivity index (χ1) is 9.76. The third-order valence-electron chi connectivity index (χ3n) is 2.85. The lowest BCUT2D eigenvalue weighted by Crippen LogP contribution is -2.06. The molecule has 0 heterocycles. The van der Waals surface area contributed by atoms with Gasteiger partial charge in [0, 0.05) is 5.56 Å². The number of carbonyl (C=O) groups excluding carboxylic acids is 1. The Morgan fingerprint density at radius 1 is 1.10 bits per heavy atom. The number of ether oxygens (including phenoxy) is 1. The summed E-state index contributed by atoms with van der Waals surface area (Å²) in [5.74, 6) is -0.531. The average Bonchev–Trinajstić information content (AvgIpc) is 2.52. The quantitative estimate of drug-likeness (QED) is 0.613. The lowest BCUT2D eigenvalue weighted by atomic mass is 10.1. The molecule has 0 aromatic heterocycles. The summed E-state index contributed by atoms with van der Waals surface area (Å²) in [7, 11) is 0. The van der Waals surface area contributed by atoms with Crippen LogP contribution in [0.2, 0.25) is 0 Å². The lowest BCUT2D eigenvalue weighted by Gasteiger charge is -2.09. The molecule has 0 saturated heterocycles. The second-order valence-electron chi connectivity index (χ2n) is 4.08. The van der Waals surface area contributed by atoms with Crippen LogP contribution in [0.3, 0.4) is 0 Å². The summed E-state index contributed by atoms with van der Waals surface area (Å²) in [4.78, 5) is 22.5. The SMILES string of the molecule is O=Nc1cccc(CF)c1COC(=O)c1ccccc1. The maximum Gasteiger partial charge on any atom is 0.338 e. The molecular weight excluding hydrogens is 261 g/mol. The van der Waals surface area contributed by atoms with Gasteiger partial charge in [-0.15, -0.1) is 4.91 Å². The molecule has 5 heteroatoms. The third-order valence-corrected chi connectivity index (χ3v) is 2.85. The summed E-state index contributed by atoms with van der Waals surface area (Å²) < 4.78 is 18.0. The molecule has 102 valence electrons. The van der Waals surface area contributed by atoms with Gasteiger partial charge in [-0.05, 0) is 28.9 Å². The van der Waals surface area contributed by atoms with E-state index in [2.05, 4.69) is 5.18 Å². The minimum Gasteiger partial charge on any atom is -0.457 e. The molecule has 0 amide bonds. The molecule has 20 heavy (non-hydrogen) atoms. The molecule has 2 aromatic rings. The number of nitrogens with zero attached hydrogens (tertiary/aromatic N) is 1. The molecular formula is C15H12FNO3. The van der Waals surface area contributed by atoms with Gasteiger partial charge < -0.3 is 4.74 Å². The van der Waals surface area contributed by atoms with Crippen LogP contribution in [0.15, 0.2) is 53.7 Å². The largest absolute Gasteiger partial charge is 0.457 e. The first-order valence-corrected chi connectivity index (χ1v) is 5.98. The van der Waals surface area contributed by atoms with Crippen LogP contribution < -0.4 is 0 Å². The van der Waals surface area contributed by atoms with E-state index in [4.69, 9.17) is 4.74 Å². The predicted molar refractivity (Wildman–Crippen MR) is 72.3 cm³/mol. The number of carbonyl (C=O) groups is 1. The highest BCUT2D eigenvalue weighted by Crippen LogP contribution is 2.24. The molecule has 4 nitrogen and oxygen atoms in total. The van der Waals surface area contributed by atoms with Crippen LogP contribution in [-0.2, 0) is 18.0 Å². The molecule has 0 atom stereocenters. The van der Waals surface area contributed by atoms with E-state index in [0.29, 0.717) is 16.7 Å². The molecule has 0 aliphatic heterocycles. The van der Waals surface area contributed by atoms with Crippen molar-refractivity contribution in [3.8, 4) is 0 Å². The van der Waals surface area contributed by atoms with Gasteiger partial charge in [0.2, 0.25) is 0 Å². The van der Waals surface area contributed by atoms with Crippen molar-refractivity contribution < 1.29 is 13.9 Å². The predicted octanol–water partition coefficient (Wildman–Crippen LogP) is 3.91. The Morgan fingerprint density at radius 2 is 1.85 bits per heavy atom. The Bertz CT molecular complexity index is 614. The second kappa shape index (κ2) is 6.56. The first kappa shape index (κ1) is 13.9. The fraction of sp³-hybridized carbons (Fsp3) is 0.133. The van der Waals surface area contributed by atoms with E-state index in [-0.39, 0.29) is 12.3 Å². The number of alkyl halides is 1. The van der Waals surface area contributed by atoms with E-state index in [9.17, 15) is 14.1 Å². The molecule has 0 aliphatic carbocycles. The van der Waals surface area contributed by atoms with Crippen molar-refractivity contribution >= 4 is 11.7 Å². The Labute approximate surface area is 115 Å². The van der Waals surface area contributed by atoms with Crippen LogP contribution in [0.4, 0.5) is 10.1 Å². The van der Waals surface area contributed by atoms with Crippen molar-refractivity contribution in [1.82, 2.24) is 0 Å². The third kappa shape index (κ3) is 3.06. The molecule has 0 saturated carbocycles. The van der Waals surface area contributed by atoms with E-state index in [1.165, 1.54) is 18.2 Å². The van der Waals surface area contributed by atoms with Crippen LogP contribution in [0, 0.1) is 4.91 Å². The number of hydrogen-bond acceptors (Lipinski definition) is 4. The molecule has 2 rings (SSSR count). The summed E-state index contributed by atoms with van der Waals surface area (Å²) >= 11 is 0. The minimum atomic E-state index is -0.748. The molecule has 0 aliphatic rings. The highest BCUT2D eigenvalue weighted by Gasteiger charge is 2.12. The van der Waals surface area contributed by atoms with Gasteiger partial charge in [-0.2, -0.15) is 0 Å². The van der Waals surface area contributed by atoms with Gasteiger partial charge in [-0.3, -0.25) is 0 Å². The van der Waals surface area contributed by atoms with E-state index >= 15 is 0 Å². The second-order valence-corrected chi connectivity index (χ2v) is 4.08. The van der Waals surface area contributed by atoms with Crippen molar-refractivity contribution in [1.29, 1.82) is 0 Å². The van der Waals surface area contributed by atoms with Crippen molar-refractivity contribution in [3.05, 3.63) is 70.1 Å². The number of benzene rings is 2. The van der Waals surface area contributed by atoms with Crippen molar-refractivity contribution in [2.75, 3.05) is 0 Å². The van der Waals surface area contributed by atoms with E-state index in [1.807, 2.05) is 0 Å². The molecule has 0 bridgehead atoms. The van der Waals surface area contributed by atoms with Gasteiger partial charge in [0.15, 0.2) is 0 Å². The summed E-state index contributed by atoms with van der Waals surface area (Å²) in [6, 6.07) is 13.0. The minimum absolute atomic E-state index is 0.0843. The van der Waals surface area contributed by atoms with E-state index < -0.39 is 12.6 Å². The van der Waals surface area contributed by atoms with Crippen LogP contribution >= 0.6 is 0 Å². The van der Waals surface area contributed by atoms with Gasteiger partial charge in [0.05, 0.1) is 5.56 Å². The van der Waals surface area contributed by atoms with Crippen LogP contribution in [0.25, 0.3) is 0 Å². The van der Waals surface area contributed by atoms with E-state index in [1.54, 1.807) is 30.3 Å². The molecule has 0 unspecified atom stereocenters. The Kier molecular flexibility index (Phi) is 4.55. The standard InChI is InChI=1S/C15H12FNO3/c16-9-12-7-4-8-14(17-19)13(12)10-20-15(18)11-5-2-1-3-6-11/h1-8H,9-10H2. The van der Waals surface area contributed by atoms with Gasteiger partial charge in [0.25, 0.3) is 0 Å². The summed E-state index contributed by atoms with van der Waals surface area (Å²) in [6.45, 7) is -0.934. The molecule has 0 radical (unpaired) electrons. The molecule has 0 fully saturated rings. The van der Waals surface area contributed by atoms with Crippen LogP contribution in [0.5, 0.6) is 0 Å². The zero-order chi connectivity index (χ0) is 14.4. The maximum atomic E-state index is 12.9. The number of esters is 1. The summed E-state index contributed by atoms with van der Waals surface area (Å²) in [6.07, 6.45) is 0. The fourth-order valence-corrected chi connectivity index (χ4v) is 1.79.